The number of aliphatic hydroxyl groups excluding tert-OH is 1. The molecule has 1 N–H and O–H groups in total. The first-order chi connectivity index (χ1) is 5.74. The zero-order chi connectivity index (χ0) is 8.60. The SMILES string of the molecule is C=BN1CC2(CCC(O)CC2)C1. The third-order valence-electron chi connectivity index (χ3n) is 3.35. The van der Waals surface area contributed by atoms with Gasteiger partial charge in [0.1, 0.15) is 0 Å². The van der Waals surface area contributed by atoms with Crippen LogP contribution in [-0.2, 0) is 0 Å². The predicted molar refractivity (Wildman–Crippen MR) is 51.4 cm³/mol. The van der Waals surface area contributed by atoms with E-state index < -0.39 is 0 Å². The van der Waals surface area contributed by atoms with Gasteiger partial charge in [-0.05, 0) is 0 Å². The summed E-state index contributed by atoms with van der Waals surface area (Å²) in [5.41, 5.74) is 0.549. The molecule has 0 aromatic rings. The van der Waals surface area contributed by atoms with Crippen LogP contribution < -0.4 is 0 Å². The molecular weight excluding hydrogens is 149 g/mol. The van der Waals surface area contributed by atoms with Crippen molar-refractivity contribution in [1.82, 2.24) is 4.81 Å². The predicted octanol–water partition coefficient (Wildman–Crippen LogP) is 0.275. The molecule has 2 rings (SSSR count). The Bertz CT molecular complexity index is 179. The van der Waals surface area contributed by atoms with Gasteiger partial charge in [0.05, 0.1) is 0 Å². The summed E-state index contributed by atoms with van der Waals surface area (Å²) in [7, 11) is 1.93. The van der Waals surface area contributed by atoms with E-state index in [0.29, 0.717) is 5.41 Å². The van der Waals surface area contributed by atoms with Crippen LogP contribution in [0.4, 0.5) is 0 Å². The van der Waals surface area contributed by atoms with E-state index in [9.17, 15) is 5.11 Å². The third-order valence-corrected chi connectivity index (χ3v) is 3.35. The average molecular weight is 165 g/mol. The van der Waals surface area contributed by atoms with E-state index in [4.69, 9.17) is 0 Å². The first-order valence-corrected chi connectivity index (χ1v) is 4.79. The second-order valence-corrected chi connectivity index (χ2v) is 4.32. The standard InChI is InChI=1S/C9H16BNO/c1-10-11-6-9(7-11)4-2-8(12)3-5-9/h8,12H,1-7H2. The van der Waals surface area contributed by atoms with Crippen LogP contribution in [0.5, 0.6) is 0 Å². The Kier molecular flexibility index (Phi) is 1.99. The van der Waals surface area contributed by atoms with Crippen molar-refractivity contribution >= 4 is 13.5 Å². The van der Waals surface area contributed by atoms with Gasteiger partial charge in [-0.25, -0.2) is 0 Å². The van der Waals surface area contributed by atoms with Crippen LogP contribution in [0.2, 0.25) is 0 Å². The minimum absolute atomic E-state index is 0.0200. The summed E-state index contributed by atoms with van der Waals surface area (Å²) in [5.74, 6) is 0. The summed E-state index contributed by atoms with van der Waals surface area (Å²) in [6.45, 7) is 6.09. The molecule has 2 fully saturated rings. The third kappa shape index (κ3) is 1.31. The molecule has 0 aromatic heterocycles. The molecule has 1 saturated carbocycles. The zero-order valence-electron chi connectivity index (χ0n) is 7.50. The second kappa shape index (κ2) is 2.88. The van der Waals surface area contributed by atoms with Crippen LogP contribution in [0.3, 0.4) is 0 Å². The van der Waals surface area contributed by atoms with Crippen molar-refractivity contribution in [3.63, 3.8) is 0 Å². The number of hydrogen-bond donors (Lipinski definition) is 1. The van der Waals surface area contributed by atoms with Crippen molar-refractivity contribution in [3.05, 3.63) is 0 Å². The van der Waals surface area contributed by atoms with Crippen LogP contribution in [0.15, 0.2) is 0 Å². The summed E-state index contributed by atoms with van der Waals surface area (Å²) in [6, 6.07) is 0. The van der Waals surface area contributed by atoms with Crippen molar-refractivity contribution < 1.29 is 5.11 Å². The molecule has 66 valence electrons. The molecule has 0 aromatic carbocycles. The maximum absolute atomic E-state index is 9.35. The molecule has 1 aliphatic carbocycles. The molecule has 0 atom stereocenters. The quantitative estimate of drug-likeness (QED) is 0.564. The fraction of sp³-hybridized carbons (Fsp3) is 0.889. The molecule has 1 saturated heterocycles. The summed E-state index contributed by atoms with van der Waals surface area (Å²) in [6.07, 6.45) is 4.40. The number of hydrogen-bond acceptors (Lipinski definition) is 2. The molecule has 0 radical (unpaired) electrons. The van der Waals surface area contributed by atoms with E-state index in [1.165, 1.54) is 25.9 Å². The Morgan fingerprint density at radius 2 is 1.92 bits per heavy atom. The Balaban J connectivity index is 1.86. The van der Waals surface area contributed by atoms with Gasteiger partial charge in [-0.2, -0.15) is 0 Å². The number of aliphatic hydroxyl groups is 1. The Morgan fingerprint density at radius 1 is 1.33 bits per heavy atom. The van der Waals surface area contributed by atoms with Crippen LogP contribution in [0.1, 0.15) is 25.7 Å². The van der Waals surface area contributed by atoms with E-state index in [-0.39, 0.29) is 6.10 Å². The van der Waals surface area contributed by atoms with Crippen LogP contribution >= 0.6 is 0 Å². The molecule has 0 unspecified atom stereocenters. The second-order valence-electron chi connectivity index (χ2n) is 4.32. The molecule has 2 aliphatic rings. The zero-order valence-corrected chi connectivity index (χ0v) is 7.50. The van der Waals surface area contributed by atoms with Crippen LogP contribution in [-0.4, -0.2) is 42.6 Å². The van der Waals surface area contributed by atoms with Gasteiger partial charge in [-0.3, -0.25) is 0 Å². The summed E-state index contributed by atoms with van der Waals surface area (Å²) < 4.78 is 0. The summed E-state index contributed by atoms with van der Waals surface area (Å²) in [4.78, 5) is 2.26. The molecular formula is C9H16BNO. The molecule has 0 amide bonds. The molecule has 1 aliphatic heterocycles. The van der Waals surface area contributed by atoms with Crippen molar-refractivity contribution in [1.29, 1.82) is 0 Å². The monoisotopic (exact) mass is 165 g/mol. The van der Waals surface area contributed by atoms with E-state index in [1.54, 1.807) is 0 Å². The number of rotatable bonds is 1. The van der Waals surface area contributed by atoms with Gasteiger partial charge < -0.3 is 0 Å². The molecule has 0 bridgehead atoms. The molecule has 1 heterocycles. The van der Waals surface area contributed by atoms with Gasteiger partial charge in [-0.1, -0.05) is 0 Å². The van der Waals surface area contributed by atoms with Gasteiger partial charge in [-0.15, -0.1) is 0 Å². The first kappa shape index (κ1) is 8.30. The van der Waals surface area contributed by atoms with Crippen LogP contribution in [0, 0.1) is 5.41 Å². The topological polar surface area (TPSA) is 23.5 Å². The maximum atomic E-state index is 9.35. The van der Waals surface area contributed by atoms with Crippen LogP contribution in [0.25, 0.3) is 0 Å². The van der Waals surface area contributed by atoms with E-state index in [0.717, 1.165) is 12.8 Å². The van der Waals surface area contributed by atoms with Gasteiger partial charge in [0, 0.05) is 0 Å². The molecule has 2 nitrogen and oxygen atoms in total. The van der Waals surface area contributed by atoms with E-state index in [1.807, 2.05) is 7.06 Å². The van der Waals surface area contributed by atoms with E-state index in [2.05, 4.69) is 11.3 Å². The van der Waals surface area contributed by atoms with Crippen molar-refractivity contribution in [2.75, 3.05) is 13.1 Å². The normalized spacial score (nSPS) is 28.2. The Morgan fingerprint density at radius 3 is 2.42 bits per heavy atom. The fourth-order valence-electron chi connectivity index (χ4n) is 2.48. The van der Waals surface area contributed by atoms with E-state index >= 15 is 0 Å². The number of nitrogens with zero attached hydrogens (tertiary/aromatic N) is 1. The summed E-state index contributed by atoms with van der Waals surface area (Å²) >= 11 is 0. The van der Waals surface area contributed by atoms with Crippen molar-refractivity contribution in [2.24, 2.45) is 5.41 Å². The first-order valence-electron chi connectivity index (χ1n) is 4.79. The van der Waals surface area contributed by atoms with Gasteiger partial charge in [0.15, 0.2) is 0 Å². The van der Waals surface area contributed by atoms with Crippen molar-refractivity contribution in [3.8, 4) is 0 Å². The van der Waals surface area contributed by atoms with Gasteiger partial charge >= 0.3 is 73.7 Å². The fourth-order valence-corrected chi connectivity index (χ4v) is 2.48. The Labute approximate surface area is 74.5 Å². The van der Waals surface area contributed by atoms with Crippen molar-refractivity contribution in [2.45, 2.75) is 31.8 Å². The Hall–Kier alpha value is -0.305. The molecule has 3 heteroatoms. The van der Waals surface area contributed by atoms with Gasteiger partial charge in [0.25, 0.3) is 0 Å². The minimum atomic E-state index is -0.0200. The molecule has 12 heavy (non-hydrogen) atoms. The average Bonchev–Trinajstić information content (AvgIpc) is 2.02. The summed E-state index contributed by atoms with van der Waals surface area (Å²) in [5, 5.41) is 9.35. The van der Waals surface area contributed by atoms with Gasteiger partial charge in [0.2, 0.25) is 0 Å². The molecule has 1 spiro atoms.